The number of thiol groups is 1. The molecular formula is C16H32O3S. The highest BCUT2D eigenvalue weighted by Crippen LogP contribution is 2.03. The molecule has 4 heteroatoms. The Morgan fingerprint density at radius 1 is 1.10 bits per heavy atom. The van der Waals surface area contributed by atoms with Crippen LogP contribution < -0.4 is 0 Å². The van der Waals surface area contributed by atoms with Gasteiger partial charge in [-0.15, -0.1) is 0 Å². The molecule has 120 valence electrons. The predicted molar refractivity (Wildman–Crippen MR) is 92.8 cm³/mol. The minimum absolute atomic E-state index is 0.252. The van der Waals surface area contributed by atoms with E-state index in [9.17, 15) is 4.79 Å². The average molecular weight is 304 g/mol. The van der Waals surface area contributed by atoms with Gasteiger partial charge in [0, 0.05) is 19.8 Å². The molecule has 0 aliphatic heterocycles. The lowest BCUT2D eigenvalue weighted by Crippen LogP contribution is -2.01. The first-order chi connectivity index (χ1) is 9.60. The van der Waals surface area contributed by atoms with Gasteiger partial charge in [-0.3, -0.25) is 4.79 Å². The summed E-state index contributed by atoms with van der Waals surface area (Å²) in [5.74, 6) is 0.123. The molecule has 0 unspecified atom stereocenters. The fraction of sp³-hybridized carbons (Fsp3) is 0.562. The lowest BCUT2D eigenvalue weighted by atomic mass is 10.2. The average Bonchev–Trinajstić information content (AvgIpc) is 2.52. The minimum atomic E-state index is -0.304. The highest BCUT2D eigenvalue weighted by atomic mass is 32.1. The molecule has 0 atom stereocenters. The summed E-state index contributed by atoms with van der Waals surface area (Å²) in [6.45, 7) is 19.0. The first-order valence-electron chi connectivity index (χ1n) is 7.07. The van der Waals surface area contributed by atoms with E-state index in [1.165, 1.54) is 6.92 Å². The van der Waals surface area contributed by atoms with Crippen LogP contribution in [-0.4, -0.2) is 12.6 Å². The van der Waals surface area contributed by atoms with Crippen LogP contribution in [0.3, 0.4) is 0 Å². The van der Waals surface area contributed by atoms with Gasteiger partial charge in [-0.05, 0) is 18.6 Å². The van der Waals surface area contributed by atoms with Gasteiger partial charge in [0.25, 0.3) is 0 Å². The van der Waals surface area contributed by atoms with Crippen molar-refractivity contribution in [2.24, 2.45) is 0 Å². The maximum atomic E-state index is 10.5. The van der Waals surface area contributed by atoms with Crippen molar-refractivity contribution in [3.05, 3.63) is 36.1 Å². The zero-order valence-electron chi connectivity index (χ0n) is 14.3. The van der Waals surface area contributed by atoms with Crippen molar-refractivity contribution in [2.75, 3.05) is 6.61 Å². The number of hydrogen-bond acceptors (Lipinski definition) is 4. The topological polar surface area (TPSA) is 35.5 Å². The molecule has 0 rings (SSSR count). The fourth-order valence-corrected chi connectivity index (χ4v) is 0.704. The van der Waals surface area contributed by atoms with Crippen LogP contribution in [-0.2, 0) is 13.7 Å². The summed E-state index contributed by atoms with van der Waals surface area (Å²) in [5, 5.41) is 0. The summed E-state index contributed by atoms with van der Waals surface area (Å²) >= 11 is 3.58. The molecule has 3 nitrogen and oxygen atoms in total. The number of allylic oxidation sites excluding steroid dienone is 2. The molecule has 0 N–H and O–H groups in total. The lowest BCUT2D eigenvalue weighted by molar-refractivity contribution is -0.139. The van der Waals surface area contributed by atoms with Crippen molar-refractivity contribution < 1.29 is 13.7 Å². The Kier molecular flexibility index (Phi) is 36.0. The van der Waals surface area contributed by atoms with Gasteiger partial charge in [0.1, 0.15) is 12.4 Å². The van der Waals surface area contributed by atoms with Gasteiger partial charge in [0.15, 0.2) is 0 Å². The molecule has 0 saturated carbocycles. The van der Waals surface area contributed by atoms with E-state index in [2.05, 4.69) is 23.7 Å². The molecule has 0 aromatic heterocycles. The lowest BCUT2D eigenvalue weighted by Gasteiger charge is -2.02. The van der Waals surface area contributed by atoms with Crippen LogP contribution >= 0.6 is 12.9 Å². The third-order valence-corrected chi connectivity index (χ3v) is 1.65. The van der Waals surface area contributed by atoms with E-state index >= 15 is 0 Å². The van der Waals surface area contributed by atoms with E-state index in [0.29, 0.717) is 5.76 Å². The van der Waals surface area contributed by atoms with Crippen LogP contribution in [0.2, 0.25) is 0 Å². The number of carbonyl (C=O) groups excluding carboxylic acids is 1. The predicted octanol–water partition coefficient (Wildman–Crippen LogP) is 5.51. The van der Waals surface area contributed by atoms with Crippen LogP contribution in [0.4, 0.5) is 0 Å². The second-order valence-corrected chi connectivity index (χ2v) is 2.72. The Bertz CT molecular complexity index is 269. The van der Waals surface area contributed by atoms with Crippen molar-refractivity contribution in [2.45, 2.75) is 55.4 Å². The van der Waals surface area contributed by atoms with Crippen molar-refractivity contribution in [3.63, 3.8) is 0 Å². The molecule has 0 aromatic carbocycles. The molecule has 0 aliphatic carbocycles. The van der Waals surface area contributed by atoms with Crippen molar-refractivity contribution >= 4 is 18.9 Å². The zero-order valence-corrected chi connectivity index (χ0v) is 15.2. The Morgan fingerprint density at radius 2 is 1.55 bits per heavy atom. The molecule has 0 bridgehead atoms. The Hall–Kier alpha value is -1.16. The summed E-state index contributed by atoms with van der Waals surface area (Å²) in [6, 6.07) is 0. The second kappa shape index (κ2) is 26.4. The summed E-state index contributed by atoms with van der Waals surface area (Å²) in [6.07, 6.45) is 5.23. The van der Waals surface area contributed by atoms with Crippen LogP contribution in [0.1, 0.15) is 55.4 Å². The molecule has 0 saturated heterocycles. The van der Waals surface area contributed by atoms with Crippen LogP contribution in [0, 0.1) is 0 Å². The Labute approximate surface area is 131 Å². The van der Waals surface area contributed by atoms with Gasteiger partial charge in [0.05, 0.1) is 0 Å². The fourth-order valence-electron chi connectivity index (χ4n) is 0.643. The number of ether oxygens (including phenoxy) is 1. The highest BCUT2D eigenvalue weighted by Gasteiger charge is 1.95. The molecule has 20 heavy (non-hydrogen) atoms. The summed E-state index contributed by atoms with van der Waals surface area (Å²) in [4.78, 5) is 10.5. The number of carbonyl (C=O) groups is 1. The zero-order chi connectivity index (χ0) is 17.0. The molecule has 0 amide bonds. The van der Waals surface area contributed by atoms with Crippen molar-refractivity contribution in [1.29, 1.82) is 0 Å². The summed E-state index contributed by atoms with van der Waals surface area (Å²) < 4.78 is 9.36. The molecule has 0 radical (unpaired) electrons. The van der Waals surface area contributed by atoms with Gasteiger partial charge in [-0.2, -0.15) is 0 Å². The highest BCUT2D eigenvalue weighted by molar-refractivity contribution is 7.75. The maximum absolute atomic E-state index is 10.5. The van der Waals surface area contributed by atoms with E-state index in [0.717, 1.165) is 5.57 Å². The standard InChI is InChI=1S/C10H14O3S.3C2H6/c1-4-10(7-12-9(3)11)6-5-8(2)13-14;3*1-2/h4-6,14H,2,7H2,1,3H3;3*1-2H3/b6-5-,10-4+;;;. The van der Waals surface area contributed by atoms with E-state index < -0.39 is 0 Å². The summed E-state index contributed by atoms with van der Waals surface area (Å²) in [7, 11) is 0. The normalized spacial score (nSPS) is 8.95. The van der Waals surface area contributed by atoms with Gasteiger partial charge in [0.2, 0.25) is 0 Å². The van der Waals surface area contributed by atoms with E-state index in [-0.39, 0.29) is 12.6 Å². The third kappa shape index (κ3) is 25.6. The second-order valence-electron chi connectivity index (χ2n) is 2.53. The molecule has 0 aromatic rings. The largest absolute Gasteiger partial charge is 0.461 e. The van der Waals surface area contributed by atoms with Gasteiger partial charge in [-0.1, -0.05) is 60.3 Å². The maximum Gasteiger partial charge on any atom is 0.302 e. The Morgan fingerprint density at radius 3 is 1.85 bits per heavy atom. The first kappa shape index (κ1) is 27.2. The first-order valence-corrected chi connectivity index (χ1v) is 7.43. The van der Waals surface area contributed by atoms with Crippen molar-refractivity contribution in [3.8, 4) is 0 Å². The smallest absolute Gasteiger partial charge is 0.302 e. The number of esters is 1. The van der Waals surface area contributed by atoms with Crippen LogP contribution in [0.25, 0.3) is 0 Å². The van der Waals surface area contributed by atoms with Crippen molar-refractivity contribution in [1.82, 2.24) is 0 Å². The molecule has 0 heterocycles. The van der Waals surface area contributed by atoms with E-state index in [1.54, 1.807) is 12.2 Å². The van der Waals surface area contributed by atoms with E-state index in [4.69, 9.17) is 4.74 Å². The minimum Gasteiger partial charge on any atom is -0.461 e. The molecular weight excluding hydrogens is 272 g/mol. The van der Waals surface area contributed by atoms with Crippen LogP contribution in [0.5, 0.6) is 0 Å². The monoisotopic (exact) mass is 304 g/mol. The number of rotatable bonds is 5. The SMILES string of the molecule is C=C(/C=C\C(=C/C)COC(C)=O)OS.CC.CC.CC. The number of hydrogen-bond donors (Lipinski definition) is 1. The molecule has 0 aliphatic rings. The summed E-state index contributed by atoms with van der Waals surface area (Å²) in [5.41, 5.74) is 0.867. The Balaban J connectivity index is -0.000000187. The van der Waals surface area contributed by atoms with E-state index in [1.807, 2.05) is 54.5 Å². The molecule has 0 fully saturated rings. The van der Waals surface area contributed by atoms with Crippen LogP contribution in [0.15, 0.2) is 36.1 Å². The molecule has 0 spiro atoms. The quantitative estimate of drug-likeness (QED) is 0.239. The van der Waals surface area contributed by atoms with Gasteiger partial charge >= 0.3 is 5.97 Å². The van der Waals surface area contributed by atoms with Gasteiger partial charge in [-0.25, -0.2) is 0 Å². The third-order valence-electron chi connectivity index (χ3n) is 1.41. The van der Waals surface area contributed by atoms with Gasteiger partial charge < -0.3 is 8.92 Å².